The molecule has 0 saturated carbocycles. The van der Waals surface area contributed by atoms with Gasteiger partial charge < -0.3 is 9.80 Å². The molecule has 0 radical (unpaired) electrons. The number of rotatable bonds is 4. The van der Waals surface area contributed by atoms with E-state index in [0.717, 1.165) is 49.7 Å². The fourth-order valence-electron chi connectivity index (χ4n) is 4.12. The van der Waals surface area contributed by atoms with Crippen molar-refractivity contribution in [2.75, 3.05) is 51.2 Å². The molecule has 0 amide bonds. The second-order valence-corrected chi connectivity index (χ2v) is 7.40. The number of aromatic amines is 1. The van der Waals surface area contributed by atoms with Gasteiger partial charge in [-0.2, -0.15) is 5.10 Å². The van der Waals surface area contributed by atoms with Crippen LogP contribution in [0.3, 0.4) is 0 Å². The van der Waals surface area contributed by atoms with Gasteiger partial charge in [-0.1, -0.05) is 30.3 Å². The quantitative estimate of drug-likeness (QED) is 0.906. The number of likely N-dealkylation sites (N-methyl/N-ethyl adjacent to an activating group) is 1. The summed E-state index contributed by atoms with van der Waals surface area (Å²) in [7, 11) is 2.24. The van der Waals surface area contributed by atoms with Crippen LogP contribution in [0.2, 0.25) is 0 Å². The predicted octanol–water partition coefficient (Wildman–Crippen LogP) is 1.65. The number of anilines is 1. The van der Waals surface area contributed by atoms with E-state index in [1.165, 1.54) is 19.4 Å². The number of hydrogen-bond donors (Lipinski definition) is 1. The summed E-state index contributed by atoms with van der Waals surface area (Å²) < 4.78 is 0. The molecule has 1 aromatic heterocycles. The van der Waals surface area contributed by atoms with Gasteiger partial charge in [0.2, 0.25) is 0 Å². The third-order valence-electron chi connectivity index (χ3n) is 5.69. The van der Waals surface area contributed by atoms with Crippen molar-refractivity contribution in [3.63, 3.8) is 0 Å². The molecule has 6 nitrogen and oxygen atoms in total. The lowest BCUT2D eigenvalue weighted by Crippen LogP contribution is -2.50. The van der Waals surface area contributed by atoms with Gasteiger partial charge in [-0.3, -0.25) is 9.69 Å². The molecule has 0 bridgehead atoms. The zero-order valence-corrected chi connectivity index (χ0v) is 15.4. The Morgan fingerprint density at radius 1 is 1.12 bits per heavy atom. The molecular weight excluding hydrogens is 326 g/mol. The van der Waals surface area contributed by atoms with Crippen LogP contribution in [-0.4, -0.2) is 72.4 Å². The first-order valence-electron chi connectivity index (χ1n) is 9.53. The molecule has 138 valence electrons. The average Bonchev–Trinajstić information content (AvgIpc) is 3.08. The van der Waals surface area contributed by atoms with Crippen molar-refractivity contribution in [3.05, 3.63) is 46.8 Å². The average molecular weight is 353 g/mol. The van der Waals surface area contributed by atoms with Crippen molar-refractivity contribution in [2.45, 2.75) is 18.9 Å². The number of piperazine rings is 1. The summed E-state index contributed by atoms with van der Waals surface area (Å²) in [6, 6.07) is 12.5. The number of likely N-dealkylation sites (tertiary alicyclic amines) is 1. The number of benzene rings is 1. The molecule has 1 atom stereocenters. The molecule has 2 fully saturated rings. The Labute approximate surface area is 154 Å². The molecule has 3 heterocycles. The third-order valence-corrected chi connectivity index (χ3v) is 5.69. The molecule has 0 unspecified atom stereocenters. The van der Waals surface area contributed by atoms with Crippen LogP contribution in [-0.2, 0) is 0 Å². The van der Waals surface area contributed by atoms with E-state index in [4.69, 9.17) is 0 Å². The topological polar surface area (TPSA) is 55.5 Å². The molecule has 2 aromatic rings. The van der Waals surface area contributed by atoms with Crippen LogP contribution in [0.25, 0.3) is 11.3 Å². The second kappa shape index (κ2) is 7.60. The first-order valence-corrected chi connectivity index (χ1v) is 9.53. The maximum Gasteiger partial charge on any atom is 0.266 e. The highest BCUT2D eigenvalue weighted by Crippen LogP contribution is 2.28. The minimum absolute atomic E-state index is 0.144. The fraction of sp³-hybridized carbons (Fsp3) is 0.500. The lowest BCUT2D eigenvalue weighted by atomic mass is 10.1. The molecular formula is C20H27N5O. The lowest BCUT2D eigenvalue weighted by molar-refractivity contribution is 0.185. The molecule has 2 aliphatic heterocycles. The summed E-state index contributed by atoms with van der Waals surface area (Å²) in [5.74, 6) is 0. The van der Waals surface area contributed by atoms with Gasteiger partial charge in [-0.05, 0) is 26.4 Å². The highest BCUT2D eigenvalue weighted by Gasteiger charge is 2.26. The molecule has 26 heavy (non-hydrogen) atoms. The van der Waals surface area contributed by atoms with Gasteiger partial charge in [-0.25, -0.2) is 5.10 Å². The Bertz CT molecular complexity index is 782. The molecule has 4 rings (SSSR count). The number of nitrogens with zero attached hydrogens (tertiary/aromatic N) is 4. The van der Waals surface area contributed by atoms with Gasteiger partial charge in [0, 0.05) is 50.4 Å². The first-order chi connectivity index (χ1) is 12.7. The van der Waals surface area contributed by atoms with E-state index < -0.39 is 0 Å². The Morgan fingerprint density at radius 3 is 2.58 bits per heavy atom. The standard InChI is InChI=1S/C20H27N5O/c1-23-9-5-8-17(23)15-24-10-12-25(13-11-24)18-14-19(26)21-22-20(18)16-6-3-2-4-7-16/h2-4,6-7,14,17H,5,8-13,15H2,1H3,(H,21,26)/t17-/m1/s1. The minimum atomic E-state index is -0.144. The molecule has 2 saturated heterocycles. The zero-order chi connectivity index (χ0) is 17.9. The van der Waals surface area contributed by atoms with Crippen LogP contribution in [0.5, 0.6) is 0 Å². The van der Waals surface area contributed by atoms with Crippen molar-refractivity contribution in [2.24, 2.45) is 0 Å². The van der Waals surface area contributed by atoms with Gasteiger partial charge in [0.15, 0.2) is 0 Å². The van der Waals surface area contributed by atoms with Gasteiger partial charge in [0.1, 0.15) is 5.69 Å². The lowest BCUT2D eigenvalue weighted by Gasteiger charge is -2.38. The largest absolute Gasteiger partial charge is 0.367 e. The van der Waals surface area contributed by atoms with E-state index in [1.54, 1.807) is 6.07 Å². The zero-order valence-electron chi connectivity index (χ0n) is 15.4. The van der Waals surface area contributed by atoms with E-state index in [9.17, 15) is 4.79 Å². The van der Waals surface area contributed by atoms with Crippen molar-refractivity contribution in [1.82, 2.24) is 20.0 Å². The van der Waals surface area contributed by atoms with Crippen molar-refractivity contribution >= 4 is 5.69 Å². The normalized spacial score (nSPS) is 22.0. The van der Waals surface area contributed by atoms with E-state index in [1.807, 2.05) is 30.3 Å². The Balaban J connectivity index is 1.47. The summed E-state index contributed by atoms with van der Waals surface area (Å²) in [5, 5.41) is 6.93. The SMILES string of the molecule is CN1CCC[C@@H]1CN1CCN(c2cc(=O)[nH]nc2-c2ccccc2)CC1. The van der Waals surface area contributed by atoms with Gasteiger partial charge >= 0.3 is 0 Å². The molecule has 2 aliphatic rings. The number of nitrogens with one attached hydrogen (secondary N) is 1. The van der Waals surface area contributed by atoms with Crippen LogP contribution in [0.4, 0.5) is 5.69 Å². The Morgan fingerprint density at radius 2 is 1.88 bits per heavy atom. The molecule has 6 heteroatoms. The van der Waals surface area contributed by atoms with Crippen LogP contribution < -0.4 is 10.5 Å². The van der Waals surface area contributed by atoms with Crippen molar-refractivity contribution < 1.29 is 0 Å². The molecule has 0 aliphatic carbocycles. The second-order valence-electron chi connectivity index (χ2n) is 7.40. The van der Waals surface area contributed by atoms with E-state index in [-0.39, 0.29) is 5.56 Å². The van der Waals surface area contributed by atoms with Crippen LogP contribution >= 0.6 is 0 Å². The highest BCUT2D eigenvalue weighted by atomic mass is 16.1. The van der Waals surface area contributed by atoms with Gasteiger partial charge in [-0.15, -0.1) is 0 Å². The highest BCUT2D eigenvalue weighted by molar-refractivity contribution is 5.74. The minimum Gasteiger partial charge on any atom is -0.367 e. The van der Waals surface area contributed by atoms with Crippen LogP contribution in [0.1, 0.15) is 12.8 Å². The van der Waals surface area contributed by atoms with E-state index in [0.29, 0.717) is 6.04 Å². The molecule has 0 spiro atoms. The number of hydrogen-bond acceptors (Lipinski definition) is 5. The van der Waals surface area contributed by atoms with E-state index in [2.05, 4.69) is 31.9 Å². The summed E-state index contributed by atoms with van der Waals surface area (Å²) in [6.07, 6.45) is 2.63. The summed E-state index contributed by atoms with van der Waals surface area (Å²) in [5.41, 5.74) is 2.69. The van der Waals surface area contributed by atoms with Gasteiger partial charge in [0.05, 0.1) is 5.69 Å². The maximum absolute atomic E-state index is 11.9. The summed E-state index contributed by atoms with van der Waals surface area (Å²) in [4.78, 5) is 19.2. The van der Waals surface area contributed by atoms with Crippen LogP contribution in [0, 0.1) is 0 Å². The third kappa shape index (κ3) is 3.66. The predicted molar refractivity (Wildman–Crippen MR) is 105 cm³/mol. The van der Waals surface area contributed by atoms with Crippen molar-refractivity contribution in [3.8, 4) is 11.3 Å². The van der Waals surface area contributed by atoms with Crippen LogP contribution in [0.15, 0.2) is 41.2 Å². The Kier molecular flexibility index (Phi) is 5.04. The molecule has 1 N–H and O–H groups in total. The smallest absolute Gasteiger partial charge is 0.266 e. The summed E-state index contributed by atoms with van der Waals surface area (Å²) >= 11 is 0. The van der Waals surface area contributed by atoms with E-state index >= 15 is 0 Å². The number of aromatic nitrogens is 2. The monoisotopic (exact) mass is 353 g/mol. The fourth-order valence-corrected chi connectivity index (χ4v) is 4.12. The summed E-state index contributed by atoms with van der Waals surface area (Å²) in [6.45, 7) is 6.31. The van der Waals surface area contributed by atoms with Crippen molar-refractivity contribution in [1.29, 1.82) is 0 Å². The maximum atomic E-state index is 11.9. The molecule has 1 aromatic carbocycles. The van der Waals surface area contributed by atoms with Gasteiger partial charge in [0.25, 0.3) is 5.56 Å². The Hall–Kier alpha value is -2.18. The number of H-pyrrole nitrogens is 1. The first kappa shape index (κ1) is 17.2.